The molecule has 0 spiro atoms. The summed E-state index contributed by atoms with van der Waals surface area (Å²) in [5, 5.41) is 3.19. The van der Waals surface area contributed by atoms with Crippen LogP contribution in [0.15, 0.2) is 11.6 Å². The molecular formula is C18H28N2O2. The molecule has 1 saturated heterocycles. The molecule has 0 unspecified atom stereocenters. The van der Waals surface area contributed by atoms with Crippen molar-refractivity contribution in [3.63, 3.8) is 0 Å². The van der Waals surface area contributed by atoms with E-state index in [0.717, 1.165) is 51.6 Å². The quantitative estimate of drug-likeness (QED) is 0.812. The number of allylic oxidation sites excluding steroid dienone is 1. The summed E-state index contributed by atoms with van der Waals surface area (Å²) in [4.78, 5) is 26.4. The fourth-order valence-electron chi connectivity index (χ4n) is 3.63. The summed E-state index contributed by atoms with van der Waals surface area (Å²) in [6, 6.07) is 0.166. The maximum absolute atomic E-state index is 12.4. The number of hydrogen-bond acceptors (Lipinski definition) is 2. The van der Waals surface area contributed by atoms with Crippen LogP contribution in [0.25, 0.3) is 0 Å². The molecule has 2 fully saturated rings. The molecule has 4 nitrogen and oxygen atoms in total. The maximum atomic E-state index is 12.4. The Balaban J connectivity index is 1.45. The summed E-state index contributed by atoms with van der Waals surface area (Å²) >= 11 is 0. The fraction of sp³-hybridized carbons (Fsp3) is 0.778. The van der Waals surface area contributed by atoms with Crippen LogP contribution < -0.4 is 5.32 Å². The van der Waals surface area contributed by atoms with Gasteiger partial charge in [-0.15, -0.1) is 0 Å². The van der Waals surface area contributed by atoms with Gasteiger partial charge in [-0.05, 0) is 58.3 Å². The topological polar surface area (TPSA) is 49.4 Å². The maximum Gasteiger partial charge on any atom is 0.225 e. The molecule has 0 bridgehead atoms. The molecule has 122 valence electrons. The van der Waals surface area contributed by atoms with Crippen molar-refractivity contribution in [1.29, 1.82) is 0 Å². The molecule has 22 heavy (non-hydrogen) atoms. The monoisotopic (exact) mass is 304 g/mol. The molecular weight excluding hydrogens is 276 g/mol. The zero-order valence-electron chi connectivity index (χ0n) is 13.6. The van der Waals surface area contributed by atoms with Crippen LogP contribution in [0.4, 0.5) is 0 Å². The molecule has 4 heteroatoms. The van der Waals surface area contributed by atoms with E-state index in [1.807, 2.05) is 4.90 Å². The molecule has 3 rings (SSSR count). The molecule has 0 aromatic carbocycles. The third kappa shape index (κ3) is 3.71. The molecule has 0 radical (unpaired) electrons. The van der Waals surface area contributed by atoms with Gasteiger partial charge in [0.15, 0.2) is 0 Å². The lowest BCUT2D eigenvalue weighted by Gasteiger charge is -2.32. The Morgan fingerprint density at radius 2 is 1.86 bits per heavy atom. The Morgan fingerprint density at radius 3 is 2.45 bits per heavy atom. The van der Waals surface area contributed by atoms with E-state index >= 15 is 0 Å². The highest BCUT2D eigenvalue weighted by atomic mass is 16.2. The van der Waals surface area contributed by atoms with Gasteiger partial charge in [-0.3, -0.25) is 9.59 Å². The minimum Gasteiger partial charge on any atom is -0.350 e. The third-order valence-electron chi connectivity index (χ3n) is 5.35. The van der Waals surface area contributed by atoms with Crippen LogP contribution in [-0.4, -0.2) is 35.8 Å². The van der Waals surface area contributed by atoms with Gasteiger partial charge < -0.3 is 10.2 Å². The lowest BCUT2D eigenvalue weighted by atomic mass is 9.92. The van der Waals surface area contributed by atoms with Gasteiger partial charge in [0.2, 0.25) is 11.8 Å². The van der Waals surface area contributed by atoms with Crippen molar-refractivity contribution in [3.05, 3.63) is 11.6 Å². The van der Waals surface area contributed by atoms with E-state index in [-0.39, 0.29) is 17.9 Å². The molecule has 1 aliphatic heterocycles. The van der Waals surface area contributed by atoms with E-state index in [1.54, 1.807) is 0 Å². The first-order valence-corrected chi connectivity index (χ1v) is 8.93. The Hall–Kier alpha value is -1.32. The van der Waals surface area contributed by atoms with E-state index in [4.69, 9.17) is 0 Å². The second-order valence-corrected chi connectivity index (χ2v) is 7.13. The number of likely N-dealkylation sites (tertiary alicyclic amines) is 1. The van der Waals surface area contributed by atoms with E-state index in [1.165, 1.54) is 18.4 Å². The lowest BCUT2D eigenvalue weighted by molar-refractivity contribution is -0.136. The molecule has 2 aliphatic carbocycles. The van der Waals surface area contributed by atoms with Gasteiger partial charge >= 0.3 is 0 Å². The van der Waals surface area contributed by atoms with Crippen molar-refractivity contribution in [3.8, 4) is 0 Å². The summed E-state index contributed by atoms with van der Waals surface area (Å²) in [7, 11) is 0. The Morgan fingerprint density at radius 1 is 1.14 bits per heavy atom. The van der Waals surface area contributed by atoms with E-state index in [0.29, 0.717) is 11.8 Å². The number of piperidine rings is 1. The van der Waals surface area contributed by atoms with Crippen LogP contribution in [0.5, 0.6) is 0 Å². The summed E-state index contributed by atoms with van der Waals surface area (Å²) < 4.78 is 0. The second kappa shape index (κ2) is 6.84. The van der Waals surface area contributed by atoms with Crippen LogP contribution >= 0.6 is 0 Å². The highest BCUT2D eigenvalue weighted by Crippen LogP contribution is 2.32. The van der Waals surface area contributed by atoms with Crippen LogP contribution in [0.3, 0.4) is 0 Å². The first kappa shape index (κ1) is 15.6. The van der Waals surface area contributed by atoms with Crippen molar-refractivity contribution >= 4 is 11.8 Å². The number of carbonyl (C=O) groups excluding carboxylic acids is 2. The van der Waals surface area contributed by atoms with Crippen LogP contribution in [0.1, 0.15) is 58.3 Å². The largest absolute Gasteiger partial charge is 0.350 e. The lowest BCUT2D eigenvalue weighted by Crippen LogP contribution is -2.45. The molecule has 1 saturated carbocycles. The summed E-state index contributed by atoms with van der Waals surface area (Å²) in [6.07, 6.45) is 10.8. The molecule has 1 N–H and O–H groups in total. The summed E-state index contributed by atoms with van der Waals surface area (Å²) in [5.74, 6) is 0.871. The first-order valence-electron chi connectivity index (χ1n) is 8.93. The molecule has 0 aromatic rings. The van der Waals surface area contributed by atoms with Crippen molar-refractivity contribution in [2.45, 2.75) is 64.3 Å². The van der Waals surface area contributed by atoms with Crippen LogP contribution in [0, 0.1) is 11.8 Å². The zero-order valence-corrected chi connectivity index (χ0v) is 13.6. The third-order valence-corrected chi connectivity index (χ3v) is 5.35. The van der Waals surface area contributed by atoms with Gasteiger partial charge in [0.25, 0.3) is 0 Å². The number of nitrogens with one attached hydrogen (secondary N) is 1. The van der Waals surface area contributed by atoms with Crippen molar-refractivity contribution in [1.82, 2.24) is 10.2 Å². The van der Waals surface area contributed by atoms with Gasteiger partial charge in [0.1, 0.15) is 0 Å². The van der Waals surface area contributed by atoms with E-state index in [2.05, 4.69) is 18.3 Å². The molecule has 0 aromatic heterocycles. The Bertz CT molecular complexity index is 460. The standard InChI is InChI=1S/C18H28N2O2/c1-13(14-5-3-2-4-6-14)19-17(21)15-9-11-20(12-10-15)18(22)16-7-8-16/h5,13,15-16H,2-4,6-12H2,1H3,(H,19,21)/t13-/m1/s1. The summed E-state index contributed by atoms with van der Waals surface area (Å²) in [6.45, 7) is 3.61. The van der Waals surface area contributed by atoms with Crippen LogP contribution in [0.2, 0.25) is 0 Å². The predicted molar refractivity (Wildman–Crippen MR) is 86.2 cm³/mol. The van der Waals surface area contributed by atoms with Crippen molar-refractivity contribution in [2.75, 3.05) is 13.1 Å². The number of amides is 2. The Kier molecular flexibility index (Phi) is 4.84. The number of hydrogen-bond donors (Lipinski definition) is 1. The first-order chi connectivity index (χ1) is 10.6. The highest BCUT2D eigenvalue weighted by Gasteiger charge is 2.36. The van der Waals surface area contributed by atoms with Crippen molar-refractivity contribution < 1.29 is 9.59 Å². The Labute approximate surface area is 133 Å². The molecule has 3 aliphatic rings. The summed E-state index contributed by atoms with van der Waals surface area (Å²) in [5.41, 5.74) is 1.39. The van der Waals surface area contributed by atoms with Gasteiger partial charge in [-0.2, -0.15) is 0 Å². The fourth-order valence-corrected chi connectivity index (χ4v) is 3.63. The molecule has 2 amide bonds. The van der Waals surface area contributed by atoms with Gasteiger partial charge in [-0.1, -0.05) is 11.6 Å². The van der Waals surface area contributed by atoms with Gasteiger partial charge in [-0.25, -0.2) is 0 Å². The zero-order chi connectivity index (χ0) is 15.5. The number of rotatable bonds is 4. The number of carbonyl (C=O) groups is 2. The SMILES string of the molecule is C[C@@H](NC(=O)C1CCN(C(=O)C2CC2)CC1)C1=CCCCC1. The normalized spacial score (nSPS) is 24.6. The predicted octanol–water partition coefficient (Wildman–Crippen LogP) is 2.64. The minimum atomic E-state index is 0.0786. The number of nitrogens with zero attached hydrogens (tertiary/aromatic N) is 1. The second-order valence-electron chi connectivity index (χ2n) is 7.13. The molecule has 1 atom stereocenters. The van der Waals surface area contributed by atoms with E-state index in [9.17, 15) is 9.59 Å². The minimum absolute atomic E-state index is 0.0786. The van der Waals surface area contributed by atoms with Crippen LogP contribution in [-0.2, 0) is 9.59 Å². The molecule has 1 heterocycles. The average molecular weight is 304 g/mol. The smallest absolute Gasteiger partial charge is 0.225 e. The van der Waals surface area contributed by atoms with Crippen molar-refractivity contribution in [2.24, 2.45) is 11.8 Å². The van der Waals surface area contributed by atoms with Gasteiger partial charge in [0.05, 0.1) is 0 Å². The van der Waals surface area contributed by atoms with Gasteiger partial charge in [0, 0.05) is 31.0 Å². The highest BCUT2D eigenvalue weighted by molar-refractivity contribution is 5.82. The van der Waals surface area contributed by atoms with E-state index < -0.39 is 0 Å². The average Bonchev–Trinajstić information content (AvgIpc) is 3.40.